The number of nitrogens with zero attached hydrogens (tertiary/aromatic N) is 1. The summed E-state index contributed by atoms with van der Waals surface area (Å²) in [7, 11) is 1.58. The number of aromatic nitrogens is 1. The Hall–Kier alpha value is -1.21. The molecule has 0 bridgehead atoms. The molecule has 2 unspecified atom stereocenters. The monoisotopic (exact) mass is 255 g/mol. The molecule has 1 aromatic carbocycles. The Labute approximate surface area is 102 Å². The van der Waals surface area contributed by atoms with Crippen molar-refractivity contribution in [2.75, 3.05) is 13.7 Å². The summed E-state index contributed by atoms with van der Waals surface area (Å²) in [5.74, 6) is 0.713. The minimum atomic E-state index is -1.21. The van der Waals surface area contributed by atoms with Crippen LogP contribution in [-0.2, 0) is 0 Å². The van der Waals surface area contributed by atoms with Crippen molar-refractivity contribution in [2.24, 2.45) is 0 Å². The predicted molar refractivity (Wildman–Crippen MR) is 64.2 cm³/mol. The number of methoxy groups -OCH3 is 1. The molecule has 2 rings (SSSR count). The molecule has 2 atom stereocenters. The summed E-state index contributed by atoms with van der Waals surface area (Å²) in [5.41, 5.74) is 0.731. The fourth-order valence-corrected chi connectivity index (χ4v) is 2.48. The Morgan fingerprint density at radius 1 is 1.41 bits per heavy atom. The van der Waals surface area contributed by atoms with Gasteiger partial charge in [-0.25, -0.2) is 4.98 Å². The quantitative estimate of drug-likeness (QED) is 0.748. The van der Waals surface area contributed by atoms with Gasteiger partial charge in [0.15, 0.2) is 0 Å². The zero-order valence-electron chi connectivity index (χ0n) is 9.20. The third-order valence-electron chi connectivity index (χ3n) is 2.42. The summed E-state index contributed by atoms with van der Waals surface area (Å²) in [4.78, 5) is 4.20. The van der Waals surface area contributed by atoms with Crippen LogP contribution in [-0.4, -0.2) is 40.1 Å². The zero-order chi connectivity index (χ0) is 12.4. The van der Waals surface area contributed by atoms with E-state index in [1.54, 1.807) is 19.2 Å². The Morgan fingerprint density at radius 2 is 2.18 bits per heavy atom. The molecule has 3 N–H and O–H groups in total. The fraction of sp³-hybridized carbons (Fsp3) is 0.364. The molecule has 0 fully saturated rings. The van der Waals surface area contributed by atoms with Crippen molar-refractivity contribution in [2.45, 2.75) is 12.2 Å². The zero-order valence-corrected chi connectivity index (χ0v) is 10.0. The van der Waals surface area contributed by atoms with Gasteiger partial charge in [-0.05, 0) is 18.2 Å². The Kier molecular flexibility index (Phi) is 3.58. The average molecular weight is 255 g/mol. The number of aliphatic hydroxyl groups is 3. The van der Waals surface area contributed by atoms with Gasteiger partial charge < -0.3 is 20.1 Å². The van der Waals surface area contributed by atoms with E-state index < -0.39 is 18.8 Å². The molecule has 0 aliphatic rings. The smallest absolute Gasteiger partial charge is 0.134 e. The lowest BCUT2D eigenvalue weighted by Crippen LogP contribution is -2.21. The van der Waals surface area contributed by atoms with Gasteiger partial charge >= 0.3 is 0 Å². The first-order valence-electron chi connectivity index (χ1n) is 5.07. The van der Waals surface area contributed by atoms with E-state index >= 15 is 0 Å². The third-order valence-corrected chi connectivity index (χ3v) is 3.51. The van der Waals surface area contributed by atoms with Gasteiger partial charge in [-0.15, -0.1) is 11.3 Å². The summed E-state index contributed by atoms with van der Waals surface area (Å²) < 4.78 is 5.95. The summed E-state index contributed by atoms with van der Waals surface area (Å²) in [5, 5.41) is 28.2. The maximum atomic E-state index is 9.72. The SMILES string of the molecule is COc1ccc2nc(C(O)C(O)CO)sc2c1. The predicted octanol–water partition coefficient (Wildman–Crippen LogP) is 0.692. The molecule has 1 aromatic heterocycles. The molecule has 17 heavy (non-hydrogen) atoms. The number of rotatable bonds is 4. The van der Waals surface area contributed by atoms with Crippen LogP contribution in [0.3, 0.4) is 0 Å². The van der Waals surface area contributed by atoms with Crippen LogP contribution in [0.5, 0.6) is 5.75 Å². The van der Waals surface area contributed by atoms with Gasteiger partial charge in [-0.3, -0.25) is 0 Å². The second-order valence-corrected chi connectivity index (χ2v) is 4.64. The van der Waals surface area contributed by atoms with Crippen LogP contribution in [0.2, 0.25) is 0 Å². The molecule has 0 amide bonds. The van der Waals surface area contributed by atoms with Crippen LogP contribution in [0.25, 0.3) is 10.2 Å². The van der Waals surface area contributed by atoms with Gasteiger partial charge in [0.25, 0.3) is 0 Å². The summed E-state index contributed by atoms with van der Waals surface area (Å²) in [6.45, 7) is -0.500. The number of hydrogen-bond donors (Lipinski definition) is 3. The second kappa shape index (κ2) is 4.97. The number of benzene rings is 1. The molecular formula is C11H13NO4S. The van der Waals surface area contributed by atoms with E-state index in [2.05, 4.69) is 4.98 Å². The Balaban J connectivity index is 2.37. The lowest BCUT2D eigenvalue weighted by Gasteiger charge is -2.11. The van der Waals surface area contributed by atoms with Gasteiger partial charge in [0.2, 0.25) is 0 Å². The Morgan fingerprint density at radius 3 is 2.82 bits per heavy atom. The minimum absolute atomic E-state index is 0.384. The molecular weight excluding hydrogens is 242 g/mol. The van der Waals surface area contributed by atoms with Gasteiger partial charge in [0.1, 0.15) is 23.0 Å². The highest BCUT2D eigenvalue weighted by Crippen LogP contribution is 2.30. The van der Waals surface area contributed by atoms with Crippen molar-refractivity contribution in [3.8, 4) is 5.75 Å². The van der Waals surface area contributed by atoms with Crippen molar-refractivity contribution >= 4 is 21.6 Å². The molecule has 0 spiro atoms. The summed E-state index contributed by atoms with van der Waals surface area (Å²) >= 11 is 1.27. The van der Waals surface area contributed by atoms with E-state index in [-0.39, 0.29) is 0 Å². The van der Waals surface area contributed by atoms with Crippen LogP contribution in [0, 0.1) is 0 Å². The number of ether oxygens (including phenoxy) is 1. The lowest BCUT2D eigenvalue weighted by molar-refractivity contribution is -0.0152. The number of thiazole rings is 1. The minimum Gasteiger partial charge on any atom is -0.497 e. The third kappa shape index (κ3) is 2.39. The first-order chi connectivity index (χ1) is 8.15. The van der Waals surface area contributed by atoms with E-state index in [9.17, 15) is 10.2 Å². The molecule has 6 heteroatoms. The van der Waals surface area contributed by atoms with E-state index in [1.165, 1.54) is 11.3 Å². The topological polar surface area (TPSA) is 82.8 Å². The average Bonchev–Trinajstić information content (AvgIpc) is 2.79. The highest BCUT2D eigenvalue weighted by atomic mass is 32.1. The van der Waals surface area contributed by atoms with E-state index in [1.807, 2.05) is 6.07 Å². The highest BCUT2D eigenvalue weighted by Gasteiger charge is 2.21. The van der Waals surface area contributed by atoms with E-state index in [4.69, 9.17) is 9.84 Å². The highest BCUT2D eigenvalue weighted by molar-refractivity contribution is 7.18. The van der Waals surface area contributed by atoms with Crippen LogP contribution < -0.4 is 4.74 Å². The number of fused-ring (bicyclic) bond motifs is 1. The van der Waals surface area contributed by atoms with Gasteiger partial charge in [0.05, 0.1) is 23.9 Å². The molecule has 92 valence electrons. The second-order valence-electron chi connectivity index (χ2n) is 3.58. The standard InChI is InChI=1S/C11H13NO4S/c1-16-6-2-3-7-9(4-6)17-11(12-7)10(15)8(14)5-13/h2-4,8,10,13-15H,5H2,1H3. The summed E-state index contributed by atoms with van der Waals surface area (Å²) in [6.07, 6.45) is -2.37. The normalized spacial score (nSPS) is 14.8. The maximum absolute atomic E-state index is 9.72. The largest absolute Gasteiger partial charge is 0.497 e. The fourth-order valence-electron chi connectivity index (χ4n) is 1.44. The van der Waals surface area contributed by atoms with E-state index in [0.29, 0.717) is 10.8 Å². The van der Waals surface area contributed by atoms with Crippen molar-refractivity contribution in [1.29, 1.82) is 0 Å². The van der Waals surface area contributed by atoms with Crippen molar-refractivity contribution in [1.82, 2.24) is 4.98 Å². The first kappa shape index (κ1) is 12.3. The van der Waals surface area contributed by atoms with E-state index in [0.717, 1.165) is 10.2 Å². The number of aliphatic hydroxyl groups excluding tert-OH is 3. The molecule has 5 nitrogen and oxygen atoms in total. The molecule has 0 saturated heterocycles. The molecule has 0 aliphatic carbocycles. The lowest BCUT2D eigenvalue weighted by atomic mass is 10.2. The number of hydrogen-bond acceptors (Lipinski definition) is 6. The van der Waals surface area contributed by atoms with Crippen LogP contribution in [0.15, 0.2) is 18.2 Å². The molecule has 0 saturated carbocycles. The first-order valence-corrected chi connectivity index (χ1v) is 5.89. The maximum Gasteiger partial charge on any atom is 0.134 e. The van der Waals surface area contributed by atoms with Gasteiger partial charge in [0, 0.05) is 0 Å². The van der Waals surface area contributed by atoms with Crippen molar-refractivity contribution in [3.05, 3.63) is 23.2 Å². The van der Waals surface area contributed by atoms with Crippen molar-refractivity contribution in [3.63, 3.8) is 0 Å². The van der Waals surface area contributed by atoms with Crippen LogP contribution in [0.1, 0.15) is 11.1 Å². The van der Waals surface area contributed by atoms with Gasteiger partial charge in [-0.2, -0.15) is 0 Å². The van der Waals surface area contributed by atoms with Crippen LogP contribution in [0.4, 0.5) is 0 Å². The molecule has 0 aliphatic heterocycles. The van der Waals surface area contributed by atoms with Crippen LogP contribution >= 0.6 is 11.3 Å². The Bertz CT molecular complexity index is 513. The molecule has 0 radical (unpaired) electrons. The summed E-state index contributed by atoms with van der Waals surface area (Å²) in [6, 6.07) is 5.38. The molecule has 2 aromatic rings. The van der Waals surface area contributed by atoms with Crippen molar-refractivity contribution < 1.29 is 20.1 Å². The van der Waals surface area contributed by atoms with Gasteiger partial charge in [-0.1, -0.05) is 0 Å². The molecule has 1 heterocycles.